The Kier molecular flexibility index (Phi) is 2.80. The van der Waals surface area contributed by atoms with Crippen molar-refractivity contribution in [1.82, 2.24) is 10.2 Å². The summed E-state index contributed by atoms with van der Waals surface area (Å²) in [4.78, 5) is 12.8. The van der Waals surface area contributed by atoms with E-state index in [-0.39, 0.29) is 0 Å². The molecule has 0 aromatic carbocycles. The van der Waals surface area contributed by atoms with Gasteiger partial charge in [0.05, 0.1) is 0 Å². The molecular formula is C9H16N2O2. The molecule has 0 spiro atoms. The summed E-state index contributed by atoms with van der Waals surface area (Å²) in [6.45, 7) is 4.54. The van der Waals surface area contributed by atoms with Crippen molar-refractivity contribution in [2.45, 2.75) is 32.4 Å². The second-order valence-corrected chi connectivity index (χ2v) is 3.38. The zero-order chi connectivity index (χ0) is 9.90. The number of carbonyl (C=O) groups is 1. The summed E-state index contributed by atoms with van der Waals surface area (Å²) < 4.78 is 0. The highest BCUT2D eigenvalue weighted by Crippen LogP contribution is 2.18. The smallest absolute Gasteiger partial charge is 0.350 e. The predicted octanol–water partition coefficient (Wildman–Crippen LogP) is 0.964. The molecule has 0 saturated carbocycles. The first-order chi connectivity index (χ1) is 6.11. The van der Waals surface area contributed by atoms with Crippen LogP contribution in [0.15, 0.2) is 12.4 Å². The van der Waals surface area contributed by atoms with Gasteiger partial charge in [-0.2, -0.15) is 0 Å². The van der Waals surface area contributed by atoms with Crippen molar-refractivity contribution >= 4 is 5.97 Å². The normalized spacial score (nSPS) is 26.2. The molecular weight excluding hydrogens is 168 g/mol. The average Bonchev–Trinajstić information content (AvgIpc) is 2.45. The number of carboxylic acids is 1. The van der Waals surface area contributed by atoms with Gasteiger partial charge >= 0.3 is 5.97 Å². The van der Waals surface area contributed by atoms with Gasteiger partial charge in [0, 0.05) is 18.9 Å². The first-order valence-corrected chi connectivity index (χ1v) is 4.55. The molecule has 1 unspecified atom stereocenters. The first kappa shape index (κ1) is 9.89. The zero-order valence-electron chi connectivity index (χ0n) is 8.08. The molecule has 0 aliphatic carbocycles. The van der Waals surface area contributed by atoms with Gasteiger partial charge in [-0.25, -0.2) is 4.79 Å². The van der Waals surface area contributed by atoms with Gasteiger partial charge in [0.1, 0.15) is 0 Å². The molecule has 4 heteroatoms. The summed E-state index contributed by atoms with van der Waals surface area (Å²) in [5, 5.41) is 11.8. The highest BCUT2D eigenvalue weighted by molar-refractivity contribution is 5.78. The standard InChI is InChI=1S/C9H16N2O2/c1-3-4-6-11-7-5-10-9(11,2)8(12)13/h5,7,10H,3-4,6H2,1-2H3,(H,12,13). The van der Waals surface area contributed by atoms with Crippen molar-refractivity contribution in [3.8, 4) is 0 Å². The van der Waals surface area contributed by atoms with Crippen LogP contribution in [-0.4, -0.2) is 28.2 Å². The van der Waals surface area contributed by atoms with E-state index in [0.717, 1.165) is 19.4 Å². The highest BCUT2D eigenvalue weighted by atomic mass is 16.4. The third-order valence-corrected chi connectivity index (χ3v) is 2.36. The van der Waals surface area contributed by atoms with Crippen molar-refractivity contribution < 1.29 is 9.90 Å². The maximum absolute atomic E-state index is 11.0. The molecule has 1 heterocycles. The molecule has 0 fully saturated rings. The lowest BCUT2D eigenvalue weighted by Crippen LogP contribution is -2.55. The van der Waals surface area contributed by atoms with Crippen molar-refractivity contribution in [2.75, 3.05) is 6.54 Å². The largest absolute Gasteiger partial charge is 0.478 e. The number of hydrogen-bond donors (Lipinski definition) is 2. The SMILES string of the molecule is CCCCN1C=CNC1(C)C(=O)O. The Morgan fingerprint density at radius 2 is 2.38 bits per heavy atom. The molecule has 0 aromatic rings. The summed E-state index contributed by atoms with van der Waals surface area (Å²) in [6, 6.07) is 0. The van der Waals surface area contributed by atoms with Gasteiger partial charge in [-0.1, -0.05) is 13.3 Å². The van der Waals surface area contributed by atoms with E-state index in [2.05, 4.69) is 12.2 Å². The van der Waals surface area contributed by atoms with Gasteiger partial charge < -0.3 is 15.3 Å². The zero-order valence-corrected chi connectivity index (χ0v) is 8.08. The van der Waals surface area contributed by atoms with Crippen LogP contribution >= 0.6 is 0 Å². The van der Waals surface area contributed by atoms with Crippen LogP contribution in [0.1, 0.15) is 26.7 Å². The second kappa shape index (κ2) is 3.68. The molecule has 1 aliphatic heterocycles. The number of nitrogens with one attached hydrogen (secondary N) is 1. The molecule has 0 radical (unpaired) electrons. The minimum Gasteiger partial charge on any atom is -0.478 e. The van der Waals surface area contributed by atoms with Gasteiger partial charge in [-0.15, -0.1) is 0 Å². The number of aliphatic carboxylic acids is 1. The first-order valence-electron chi connectivity index (χ1n) is 4.55. The molecule has 1 rings (SSSR count). The van der Waals surface area contributed by atoms with Crippen LogP contribution < -0.4 is 5.32 Å². The summed E-state index contributed by atoms with van der Waals surface area (Å²) in [6.07, 6.45) is 5.56. The van der Waals surface area contributed by atoms with E-state index in [4.69, 9.17) is 5.11 Å². The lowest BCUT2D eigenvalue weighted by atomic mass is 10.1. The third kappa shape index (κ3) is 1.76. The van der Waals surface area contributed by atoms with E-state index < -0.39 is 11.6 Å². The van der Waals surface area contributed by atoms with Crippen molar-refractivity contribution in [1.29, 1.82) is 0 Å². The fourth-order valence-electron chi connectivity index (χ4n) is 1.33. The average molecular weight is 184 g/mol. The topological polar surface area (TPSA) is 52.6 Å². The molecule has 0 amide bonds. The van der Waals surface area contributed by atoms with E-state index in [1.807, 2.05) is 4.90 Å². The lowest BCUT2D eigenvalue weighted by molar-refractivity contribution is -0.149. The Hall–Kier alpha value is -1.19. The summed E-state index contributed by atoms with van der Waals surface area (Å²) in [7, 11) is 0. The number of hydrogen-bond acceptors (Lipinski definition) is 3. The molecule has 13 heavy (non-hydrogen) atoms. The Bertz CT molecular complexity index is 228. The minimum absolute atomic E-state index is 0.781. The van der Waals surface area contributed by atoms with Gasteiger partial charge in [0.2, 0.25) is 5.66 Å². The molecule has 0 aromatic heterocycles. The maximum atomic E-state index is 11.0. The molecule has 1 atom stereocenters. The fourth-order valence-corrected chi connectivity index (χ4v) is 1.33. The Morgan fingerprint density at radius 3 is 2.92 bits per heavy atom. The Balaban J connectivity index is 2.61. The number of unbranched alkanes of at least 4 members (excludes halogenated alkanes) is 1. The van der Waals surface area contributed by atoms with E-state index in [9.17, 15) is 4.79 Å². The minimum atomic E-state index is -0.949. The monoisotopic (exact) mass is 184 g/mol. The fraction of sp³-hybridized carbons (Fsp3) is 0.667. The summed E-state index contributed by atoms with van der Waals surface area (Å²) >= 11 is 0. The summed E-state index contributed by atoms with van der Waals surface area (Å²) in [5.74, 6) is -0.839. The van der Waals surface area contributed by atoms with Gasteiger partial charge in [-0.05, 0) is 13.3 Å². The van der Waals surface area contributed by atoms with E-state index in [1.54, 1.807) is 19.3 Å². The number of nitrogens with zero attached hydrogens (tertiary/aromatic N) is 1. The van der Waals surface area contributed by atoms with Crippen molar-refractivity contribution in [2.24, 2.45) is 0 Å². The van der Waals surface area contributed by atoms with Crippen LogP contribution in [0.4, 0.5) is 0 Å². The van der Waals surface area contributed by atoms with Crippen molar-refractivity contribution in [3.63, 3.8) is 0 Å². The van der Waals surface area contributed by atoms with Crippen LogP contribution in [0.25, 0.3) is 0 Å². The molecule has 74 valence electrons. The van der Waals surface area contributed by atoms with E-state index >= 15 is 0 Å². The van der Waals surface area contributed by atoms with Crippen LogP contribution in [0, 0.1) is 0 Å². The van der Waals surface area contributed by atoms with Crippen LogP contribution in [0.3, 0.4) is 0 Å². The highest BCUT2D eigenvalue weighted by Gasteiger charge is 2.39. The molecule has 4 nitrogen and oxygen atoms in total. The Labute approximate surface area is 78.2 Å². The second-order valence-electron chi connectivity index (χ2n) is 3.38. The lowest BCUT2D eigenvalue weighted by Gasteiger charge is -2.32. The molecule has 0 saturated heterocycles. The predicted molar refractivity (Wildman–Crippen MR) is 49.9 cm³/mol. The maximum Gasteiger partial charge on any atom is 0.350 e. The molecule has 0 bridgehead atoms. The van der Waals surface area contributed by atoms with Gasteiger partial charge in [0.25, 0.3) is 0 Å². The third-order valence-electron chi connectivity index (χ3n) is 2.36. The Morgan fingerprint density at radius 1 is 1.69 bits per heavy atom. The summed E-state index contributed by atoms with van der Waals surface area (Å²) in [5.41, 5.74) is -0.949. The van der Waals surface area contributed by atoms with Crippen molar-refractivity contribution in [3.05, 3.63) is 12.4 Å². The van der Waals surface area contributed by atoms with Crippen LogP contribution in [0.5, 0.6) is 0 Å². The molecule has 2 N–H and O–H groups in total. The number of carboxylic acid groups (broad SMARTS) is 1. The van der Waals surface area contributed by atoms with E-state index in [0.29, 0.717) is 0 Å². The van der Waals surface area contributed by atoms with Gasteiger partial charge in [-0.3, -0.25) is 0 Å². The quantitative estimate of drug-likeness (QED) is 0.683. The van der Waals surface area contributed by atoms with Crippen LogP contribution in [-0.2, 0) is 4.79 Å². The van der Waals surface area contributed by atoms with E-state index in [1.165, 1.54) is 0 Å². The van der Waals surface area contributed by atoms with Crippen LogP contribution in [0.2, 0.25) is 0 Å². The number of rotatable bonds is 4. The van der Waals surface area contributed by atoms with Gasteiger partial charge in [0.15, 0.2) is 0 Å². The molecule has 1 aliphatic rings.